The normalized spacial score (nSPS) is 11.4. The zero-order chi connectivity index (χ0) is 31.2. The van der Waals surface area contributed by atoms with E-state index in [9.17, 15) is 0 Å². The van der Waals surface area contributed by atoms with Gasteiger partial charge in [-0.15, -0.1) is 0 Å². The van der Waals surface area contributed by atoms with Gasteiger partial charge in [0.25, 0.3) is 0 Å². The molecule has 6 nitrogen and oxygen atoms in total. The quantitative estimate of drug-likeness (QED) is 0.195. The van der Waals surface area contributed by atoms with Crippen LogP contribution in [-0.2, 0) is 0 Å². The van der Waals surface area contributed by atoms with Crippen molar-refractivity contribution in [2.75, 3.05) is 0 Å². The Kier molecular flexibility index (Phi) is 6.35. The van der Waals surface area contributed by atoms with Gasteiger partial charge in [0.15, 0.2) is 23.1 Å². The summed E-state index contributed by atoms with van der Waals surface area (Å²) in [6.07, 6.45) is 1.90. The van der Waals surface area contributed by atoms with Crippen molar-refractivity contribution in [3.8, 4) is 56.7 Å². The van der Waals surface area contributed by atoms with E-state index in [0.717, 1.165) is 72.0 Å². The molecule has 9 rings (SSSR count). The second-order valence-corrected chi connectivity index (χ2v) is 11.4. The van der Waals surface area contributed by atoms with E-state index in [-0.39, 0.29) is 0 Å². The maximum absolute atomic E-state index is 6.27. The van der Waals surface area contributed by atoms with Crippen LogP contribution in [0, 0.1) is 0 Å². The van der Waals surface area contributed by atoms with Gasteiger partial charge in [-0.2, -0.15) is 0 Å². The van der Waals surface area contributed by atoms with Crippen molar-refractivity contribution in [3.63, 3.8) is 0 Å². The summed E-state index contributed by atoms with van der Waals surface area (Å²) < 4.78 is 6.27. The second kappa shape index (κ2) is 11.1. The van der Waals surface area contributed by atoms with Gasteiger partial charge in [0, 0.05) is 28.3 Å². The van der Waals surface area contributed by atoms with Crippen molar-refractivity contribution in [1.29, 1.82) is 0 Å². The standard InChI is InChI=1S/C41H25N5O/c1-3-10-27(11-4-1)39-44-40(28-12-5-2-6-13-28)46-41(45-39)29-20-18-26(19-21-29)32-16-9-17-35-37(32)38-36(47-35)23-22-33(43-38)34-24-30-14-7-8-15-31(30)25-42-34/h1-25H. The minimum atomic E-state index is 0.616. The number of hydrogen-bond acceptors (Lipinski definition) is 6. The smallest absolute Gasteiger partial charge is 0.164 e. The Morgan fingerprint density at radius 1 is 0.404 bits per heavy atom. The highest BCUT2D eigenvalue weighted by atomic mass is 16.3. The average molecular weight is 604 g/mol. The highest BCUT2D eigenvalue weighted by Gasteiger charge is 2.17. The molecule has 0 aliphatic heterocycles. The van der Waals surface area contributed by atoms with Crippen LogP contribution in [0.4, 0.5) is 0 Å². The number of pyridine rings is 2. The first-order chi connectivity index (χ1) is 23.3. The van der Waals surface area contributed by atoms with E-state index in [1.54, 1.807) is 0 Å². The monoisotopic (exact) mass is 603 g/mol. The first-order valence-electron chi connectivity index (χ1n) is 15.4. The van der Waals surface area contributed by atoms with Gasteiger partial charge >= 0.3 is 0 Å². The predicted molar refractivity (Wildman–Crippen MR) is 187 cm³/mol. The molecular weight excluding hydrogens is 578 g/mol. The molecule has 4 aromatic heterocycles. The summed E-state index contributed by atoms with van der Waals surface area (Å²) in [5, 5.41) is 3.19. The SMILES string of the molecule is c1ccc(-c2nc(-c3ccccc3)nc(-c3ccc(-c4cccc5oc6ccc(-c7cc8ccccc8cn7)nc6c45)cc3)n2)cc1. The van der Waals surface area contributed by atoms with Gasteiger partial charge in [0.05, 0.1) is 16.8 Å². The van der Waals surface area contributed by atoms with Crippen molar-refractivity contribution in [3.05, 3.63) is 152 Å². The first kappa shape index (κ1) is 26.8. The van der Waals surface area contributed by atoms with Gasteiger partial charge in [-0.3, -0.25) is 4.98 Å². The van der Waals surface area contributed by atoms with Crippen LogP contribution in [0.25, 0.3) is 89.5 Å². The first-order valence-corrected chi connectivity index (χ1v) is 15.4. The fraction of sp³-hybridized carbons (Fsp3) is 0. The summed E-state index contributed by atoms with van der Waals surface area (Å²) in [5.74, 6) is 1.89. The van der Waals surface area contributed by atoms with Crippen LogP contribution >= 0.6 is 0 Å². The number of nitrogens with zero attached hydrogens (tertiary/aromatic N) is 5. The van der Waals surface area contributed by atoms with Gasteiger partial charge in [-0.1, -0.05) is 121 Å². The number of benzene rings is 5. The lowest BCUT2D eigenvalue weighted by Crippen LogP contribution is -2.00. The Labute approximate surface area is 270 Å². The Morgan fingerprint density at radius 3 is 1.68 bits per heavy atom. The summed E-state index contributed by atoms with van der Waals surface area (Å²) in [6.45, 7) is 0. The molecule has 220 valence electrons. The molecule has 4 heterocycles. The molecule has 0 unspecified atom stereocenters. The fourth-order valence-corrected chi connectivity index (χ4v) is 6.03. The summed E-state index contributed by atoms with van der Waals surface area (Å²) in [5.41, 5.74) is 8.81. The van der Waals surface area contributed by atoms with Crippen LogP contribution in [0.5, 0.6) is 0 Å². The number of hydrogen-bond donors (Lipinski definition) is 0. The van der Waals surface area contributed by atoms with Crippen molar-refractivity contribution < 1.29 is 4.42 Å². The molecule has 0 atom stereocenters. The number of rotatable bonds is 5. The van der Waals surface area contributed by atoms with Gasteiger partial charge in [-0.05, 0) is 40.8 Å². The predicted octanol–water partition coefficient (Wildman–Crippen LogP) is 10.0. The van der Waals surface area contributed by atoms with E-state index in [0.29, 0.717) is 17.5 Å². The third-order valence-corrected chi connectivity index (χ3v) is 8.39. The summed E-state index contributed by atoms with van der Waals surface area (Å²) in [6, 6.07) is 48.7. The maximum Gasteiger partial charge on any atom is 0.164 e. The largest absolute Gasteiger partial charge is 0.454 e. The summed E-state index contributed by atoms with van der Waals surface area (Å²) >= 11 is 0. The minimum absolute atomic E-state index is 0.616. The topological polar surface area (TPSA) is 77.6 Å². The molecule has 0 saturated carbocycles. The average Bonchev–Trinajstić information content (AvgIpc) is 3.53. The van der Waals surface area contributed by atoms with E-state index in [4.69, 9.17) is 29.3 Å². The second-order valence-electron chi connectivity index (χ2n) is 11.4. The van der Waals surface area contributed by atoms with Gasteiger partial charge in [-0.25, -0.2) is 19.9 Å². The molecule has 5 aromatic carbocycles. The van der Waals surface area contributed by atoms with Crippen LogP contribution in [0.1, 0.15) is 0 Å². The highest BCUT2D eigenvalue weighted by Crippen LogP contribution is 2.37. The van der Waals surface area contributed by atoms with Crippen molar-refractivity contribution in [2.45, 2.75) is 0 Å². The molecule has 6 heteroatoms. The van der Waals surface area contributed by atoms with Gasteiger partial charge in [0.2, 0.25) is 0 Å². The van der Waals surface area contributed by atoms with Crippen LogP contribution in [0.3, 0.4) is 0 Å². The molecule has 0 aliphatic rings. The van der Waals surface area contributed by atoms with E-state index >= 15 is 0 Å². The van der Waals surface area contributed by atoms with Crippen molar-refractivity contribution in [1.82, 2.24) is 24.9 Å². The number of aromatic nitrogens is 5. The van der Waals surface area contributed by atoms with Crippen LogP contribution in [0.2, 0.25) is 0 Å². The Balaban J connectivity index is 1.13. The van der Waals surface area contributed by atoms with Crippen molar-refractivity contribution in [2.24, 2.45) is 0 Å². The molecule has 0 bridgehead atoms. The number of fused-ring (bicyclic) bond motifs is 4. The lowest BCUT2D eigenvalue weighted by Gasteiger charge is -2.09. The Bertz CT molecular complexity index is 2500. The lowest BCUT2D eigenvalue weighted by atomic mass is 9.99. The minimum Gasteiger partial charge on any atom is -0.454 e. The molecule has 0 spiro atoms. The molecular formula is C41H25N5O. The molecule has 9 aromatic rings. The lowest BCUT2D eigenvalue weighted by molar-refractivity contribution is 0.668. The molecule has 0 amide bonds. The molecule has 0 radical (unpaired) electrons. The Hall–Kier alpha value is -6.53. The van der Waals surface area contributed by atoms with Crippen LogP contribution in [-0.4, -0.2) is 24.9 Å². The van der Waals surface area contributed by atoms with E-state index in [2.05, 4.69) is 48.5 Å². The zero-order valence-corrected chi connectivity index (χ0v) is 25.1. The molecule has 0 fully saturated rings. The van der Waals surface area contributed by atoms with E-state index in [1.807, 2.05) is 103 Å². The molecule has 0 aliphatic carbocycles. The third-order valence-electron chi connectivity index (χ3n) is 8.39. The summed E-state index contributed by atoms with van der Waals surface area (Å²) in [4.78, 5) is 24.4. The van der Waals surface area contributed by atoms with E-state index < -0.39 is 0 Å². The maximum atomic E-state index is 6.27. The van der Waals surface area contributed by atoms with Crippen LogP contribution < -0.4 is 0 Å². The highest BCUT2D eigenvalue weighted by molar-refractivity contribution is 6.11. The molecule has 47 heavy (non-hydrogen) atoms. The Morgan fingerprint density at radius 2 is 1.00 bits per heavy atom. The van der Waals surface area contributed by atoms with Crippen molar-refractivity contribution >= 4 is 32.8 Å². The number of furan rings is 1. The van der Waals surface area contributed by atoms with Gasteiger partial charge in [0.1, 0.15) is 11.1 Å². The zero-order valence-electron chi connectivity index (χ0n) is 25.1. The molecule has 0 N–H and O–H groups in total. The van der Waals surface area contributed by atoms with Crippen LogP contribution in [0.15, 0.2) is 156 Å². The summed E-state index contributed by atoms with van der Waals surface area (Å²) in [7, 11) is 0. The van der Waals surface area contributed by atoms with E-state index in [1.165, 1.54) is 0 Å². The fourth-order valence-electron chi connectivity index (χ4n) is 6.03. The third kappa shape index (κ3) is 4.89. The molecule has 0 saturated heterocycles. The van der Waals surface area contributed by atoms with Gasteiger partial charge < -0.3 is 4.42 Å².